The summed E-state index contributed by atoms with van der Waals surface area (Å²) in [6.45, 7) is 8.40. The maximum absolute atomic E-state index is 5.62. The fourth-order valence-corrected chi connectivity index (χ4v) is 2.70. The van der Waals surface area contributed by atoms with E-state index < -0.39 is 0 Å². The lowest BCUT2D eigenvalue weighted by Crippen LogP contribution is -2.35. The first-order chi connectivity index (χ1) is 9.20. The minimum absolute atomic E-state index is 0.459. The first kappa shape index (κ1) is 14.3. The first-order valence-electron chi connectivity index (χ1n) is 7.50. The number of nitrogens with one attached hydrogen (secondary N) is 2. The van der Waals surface area contributed by atoms with Crippen molar-refractivity contribution in [1.29, 1.82) is 0 Å². The number of hydrogen-bond donors (Lipinski definition) is 2. The van der Waals surface area contributed by atoms with Crippen LogP contribution in [0, 0.1) is 11.8 Å². The molecule has 3 atom stereocenters. The van der Waals surface area contributed by atoms with E-state index in [0.717, 1.165) is 18.9 Å². The number of hydrogen-bond acceptors (Lipinski definition) is 5. The number of anilines is 1. The van der Waals surface area contributed by atoms with Crippen molar-refractivity contribution in [2.45, 2.75) is 59.0 Å². The summed E-state index contributed by atoms with van der Waals surface area (Å²) >= 11 is 0. The zero-order valence-electron chi connectivity index (χ0n) is 12.3. The van der Waals surface area contributed by atoms with Crippen LogP contribution in [-0.4, -0.2) is 22.8 Å². The van der Waals surface area contributed by atoms with E-state index in [1.54, 1.807) is 0 Å². The quantitative estimate of drug-likeness (QED) is 0.775. The second-order valence-electron chi connectivity index (χ2n) is 5.70. The summed E-state index contributed by atoms with van der Waals surface area (Å²) in [4.78, 5) is 0. The molecule has 1 saturated carbocycles. The highest BCUT2D eigenvalue weighted by molar-refractivity contribution is 5.20. The Kier molecular flexibility index (Phi) is 5.19. The Morgan fingerprint density at radius 2 is 2.11 bits per heavy atom. The van der Waals surface area contributed by atoms with E-state index in [0.29, 0.717) is 30.4 Å². The Morgan fingerprint density at radius 3 is 2.89 bits per heavy atom. The molecule has 1 fully saturated rings. The van der Waals surface area contributed by atoms with Gasteiger partial charge in [0.25, 0.3) is 0 Å². The highest BCUT2D eigenvalue weighted by Crippen LogP contribution is 2.31. The van der Waals surface area contributed by atoms with Crippen LogP contribution >= 0.6 is 0 Å². The van der Waals surface area contributed by atoms with Gasteiger partial charge in [-0.3, -0.25) is 0 Å². The van der Waals surface area contributed by atoms with Gasteiger partial charge in [-0.15, -0.1) is 5.10 Å². The predicted molar refractivity (Wildman–Crippen MR) is 75.9 cm³/mol. The van der Waals surface area contributed by atoms with Crippen LogP contribution in [0.1, 0.15) is 52.3 Å². The highest BCUT2D eigenvalue weighted by Gasteiger charge is 2.28. The van der Waals surface area contributed by atoms with Crippen LogP contribution in [0.5, 0.6) is 0 Å². The van der Waals surface area contributed by atoms with Crippen molar-refractivity contribution in [1.82, 2.24) is 15.5 Å². The van der Waals surface area contributed by atoms with Gasteiger partial charge in [0, 0.05) is 6.04 Å². The number of nitrogens with zero attached hydrogens (tertiary/aromatic N) is 2. The number of aromatic nitrogens is 2. The van der Waals surface area contributed by atoms with Gasteiger partial charge in [0.2, 0.25) is 5.89 Å². The Morgan fingerprint density at radius 1 is 1.26 bits per heavy atom. The third-order valence-electron chi connectivity index (χ3n) is 4.19. The smallest absolute Gasteiger partial charge is 0.315 e. The molecular weight excluding hydrogens is 240 g/mol. The van der Waals surface area contributed by atoms with Crippen LogP contribution in [0.25, 0.3) is 0 Å². The lowest BCUT2D eigenvalue weighted by atomic mass is 9.78. The largest absolute Gasteiger partial charge is 0.407 e. The SMILES string of the molecule is CCCNCc1nnc(NC2CCCC(C)C2C)o1. The van der Waals surface area contributed by atoms with Crippen molar-refractivity contribution in [3.63, 3.8) is 0 Å². The second-order valence-corrected chi connectivity index (χ2v) is 5.70. The molecule has 1 aliphatic rings. The zero-order valence-corrected chi connectivity index (χ0v) is 12.3. The van der Waals surface area contributed by atoms with Crippen molar-refractivity contribution in [2.24, 2.45) is 11.8 Å². The normalized spacial score (nSPS) is 27.4. The maximum atomic E-state index is 5.62. The van der Waals surface area contributed by atoms with Crippen LogP contribution in [0.3, 0.4) is 0 Å². The van der Waals surface area contributed by atoms with Gasteiger partial charge in [0.15, 0.2) is 0 Å². The van der Waals surface area contributed by atoms with Gasteiger partial charge in [0.1, 0.15) is 0 Å². The van der Waals surface area contributed by atoms with E-state index in [-0.39, 0.29) is 0 Å². The molecule has 0 radical (unpaired) electrons. The summed E-state index contributed by atoms with van der Waals surface area (Å²) in [6, 6.07) is 1.03. The van der Waals surface area contributed by atoms with E-state index in [2.05, 4.69) is 41.6 Å². The fourth-order valence-electron chi connectivity index (χ4n) is 2.70. The molecule has 0 aromatic carbocycles. The molecular formula is C14H26N4O. The Labute approximate surface area is 115 Å². The third-order valence-corrected chi connectivity index (χ3v) is 4.19. The Hall–Kier alpha value is -1.10. The monoisotopic (exact) mass is 266 g/mol. The molecule has 0 amide bonds. The Bertz CT molecular complexity index is 379. The second kappa shape index (κ2) is 6.89. The molecule has 108 valence electrons. The van der Waals surface area contributed by atoms with E-state index in [1.807, 2.05) is 0 Å². The predicted octanol–water partition coefficient (Wildman–Crippen LogP) is 2.81. The molecule has 5 nitrogen and oxygen atoms in total. The molecule has 0 aliphatic heterocycles. The van der Waals surface area contributed by atoms with Crippen molar-refractivity contribution < 1.29 is 4.42 Å². The molecule has 0 bridgehead atoms. The van der Waals surface area contributed by atoms with Gasteiger partial charge in [-0.05, 0) is 31.2 Å². The average molecular weight is 266 g/mol. The molecule has 1 aliphatic carbocycles. The van der Waals surface area contributed by atoms with Gasteiger partial charge < -0.3 is 15.1 Å². The summed E-state index contributed by atoms with van der Waals surface area (Å²) in [5, 5.41) is 14.8. The highest BCUT2D eigenvalue weighted by atomic mass is 16.4. The fraction of sp³-hybridized carbons (Fsp3) is 0.857. The minimum atomic E-state index is 0.459. The van der Waals surface area contributed by atoms with E-state index in [1.165, 1.54) is 19.3 Å². The summed E-state index contributed by atoms with van der Waals surface area (Å²) in [6.07, 6.45) is 4.91. The van der Waals surface area contributed by atoms with Crippen molar-refractivity contribution in [3.8, 4) is 0 Å². The van der Waals surface area contributed by atoms with Gasteiger partial charge in [-0.25, -0.2) is 0 Å². The Balaban J connectivity index is 1.85. The molecule has 3 unspecified atom stereocenters. The standard InChI is InChI=1S/C14H26N4O/c1-4-8-15-9-13-17-18-14(19-13)16-12-7-5-6-10(2)11(12)3/h10-12,15H,4-9H2,1-3H3,(H,16,18). The van der Waals surface area contributed by atoms with E-state index >= 15 is 0 Å². The minimum Gasteiger partial charge on any atom is -0.407 e. The van der Waals surface area contributed by atoms with E-state index in [9.17, 15) is 0 Å². The van der Waals surface area contributed by atoms with Crippen LogP contribution in [-0.2, 0) is 6.54 Å². The maximum Gasteiger partial charge on any atom is 0.315 e. The van der Waals surface area contributed by atoms with Gasteiger partial charge in [-0.2, -0.15) is 0 Å². The lowest BCUT2D eigenvalue weighted by molar-refractivity contribution is 0.250. The molecule has 0 saturated heterocycles. The molecule has 2 N–H and O–H groups in total. The molecule has 2 rings (SSSR count). The van der Waals surface area contributed by atoms with Gasteiger partial charge >= 0.3 is 6.01 Å². The van der Waals surface area contributed by atoms with Crippen LogP contribution < -0.4 is 10.6 Å². The lowest BCUT2D eigenvalue weighted by Gasteiger charge is -2.33. The average Bonchev–Trinajstić information content (AvgIpc) is 2.83. The van der Waals surface area contributed by atoms with Crippen LogP contribution in [0.4, 0.5) is 6.01 Å². The van der Waals surface area contributed by atoms with Gasteiger partial charge in [0.05, 0.1) is 6.54 Å². The molecule has 1 aromatic rings. The third kappa shape index (κ3) is 3.93. The molecule has 5 heteroatoms. The summed E-state index contributed by atoms with van der Waals surface area (Å²) in [5.41, 5.74) is 0. The zero-order chi connectivity index (χ0) is 13.7. The first-order valence-corrected chi connectivity index (χ1v) is 7.50. The summed E-state index contributed by atoms with van der Waals surface area (Å²) in [7, 11) is 0. The summed E-state index contributed by atoms with van der Waals surface area (Å²) < 4.78 is 5.62. The van der Waals surface area contributed by atoms with Crippen molar-refractivity contribution in [2.75, 3.05) is 11.9 Å². The topological polar surface area (TPSA) is 63.0 Å². The van der Waals surface area contributed by atoms with Gasteiger partial charge in [-0.1, -0.05) is 38.7 Å². The summed E-state index contributed by atoms with van der Waals surface area (Å²) in [5.74, 6) is 2.08. The molecule has 1 aromatic heterocycles. The van der Waals surface area contributed by atoms with E-state index in [4.69, 9.17) is 4.42 Å². The molecule has 0 spiro atoms. The van der Waals surface area contributed by atoms with Crippen LogP contribution in [0.15, 0.2) is 4.42 Å². The van der Waals surface area contributed by atoms with Crippen molar-refractivity contribution in [3.05, 3.63) is 5.89 Å². The van der Waals surface area contributed by atoms with Crippen molar-refractivity contribution >= 4 is 6.01 Å². The number of rotatable bonds is 6. The van der Waals surface area contributed by atoms with Crippen LogP contribution in [0.2, 0.25) is 0 Å². The molecule has 19 heavy (non-hydrogen) atoms. The molecule has 1 heterocycles.